The van der Waals surface area contributed by atoms with Gasteiger partial charge in [0.15, 0.2) is 0 Å². The Labute approximate surface area is 114 Å². The zero-order chi connectivity index (χ0) is 13.2. The molecular formula is C16H21NO2. The first-order valence-electron chi connectivity index (χ1n) is 7.26. The Morgan fingerprint density at radius 2 is 1.68 bits per heavy atom. The predicted octanol–water partition coefficient (Wildman–Crippen LogP) is 2.73. The first kappa shape index (κ1) is 12.7. The average Bonchev–Trinajstić information content (AvgIpc) is 2.39. The molecule has 1 aliphatic carbocycles. The molecule has 0 atom stereocenters. The molecule has 2 aliphatic rings. The van der Waals surface area contributed by atoms with E-state index in [1.165, 1.54) is 5.56 Å². The number of hydrogen-bond donors (Lipinski definition) is 1. The van der Waals surface area contributed by atoms with Crippen molar-refractivity contribution >= 4 is 5.97 Å². The highest BCUT2D eigenvalue weighted by atomic mass is 16.4. The molecule has 1 aromatic carbocycles. The van der Waals surface area contributed by atoms with Crippen LogP contribution in [0.5, 0.6) is 0 Å². The molecule has 1 N–H and O–H groups in total. The van der Waals surface area contributed by atoms with Gasteiger partial charge < -0.3 is 5.11 Å². The second-order valence-electron chi connectivity index (χ2n) is 5.91. The standard InChI is InChI=1S/C16H21NO2/c18-16(19)13-6-8-15(9-7-13)17-10-14(11-17)12-4-2-1-3-5-12/h1-5,13-15H,6-11H2,(H,18,19). The maximum absolute atomic E-state index is 10.9. The van der Waals surface area contributed by atoms with Crippen LogP contribution in [0, 0.1) is 5.92 Å². The highest BCUT2D eigenvalue weighted by Crippen LogP contribution is 2.35. The first-order valence-corrected chi connectivity index (χ1v) is 7.26. The van der Waals surface area contributed by atoms with E-state index in [0.717, 1.165) is 38.8 Å². The number of likely N-dealkylation sites (tertiary alicyclic amines) is 1. The molecular weight excluding hydrogens is 238 g/mol. The second-order valence-corrected chi connectivity index (χ2v) is 5.91. The monoisotopic (exact) mass is 259 g/mol. The fraction of sp³-hybridized carbons (Fsp3) is 0.562. The lowest BCUT2D eigenvalue weighted by Gasteiger charge is -2.46. The van der Waals surface area contributed by atoms with E-state index in [1.54, 1.807) is 0 Å². The minimum atomic E-state index is -0.607. The van der Waals surface area contributed by atoms with Crippen LogP contribution >= 0.6 is 0 Å². The van der Waals surface area contributed by atoms with Crippen molar-refractivity contribution in [1.82, 2.24) is 4.90 Å². The van der Waals surface area contributed by atoms with Gasteiger partial charge in [-0.2, -0.15) is 0 Å². The number of carboxylic acid groups (broad SMARTS) is 1. The zero-order valence-electron chi connectivity index (χ0n) is 11.2. The fourth-order valence-corrected chi connectivity index (χ4v) is 3.43. The molecule has 3 nitrogen and oxygen atoms in total. The number of nitrogens with zero attached hydrogens (tertiary/aromatic N) is 1. The van der Waals surface area contributed by atoms with Gasteiger partial charge in [0.25, 0.3) is 0 Å². The van der Waals surface area contributed by atoms with Crippen LogP contribution in [0.15, 0.2) is 30.3 Å². The van der Waals surface area contributed by atoms with Crippen molar-refractivity contribution in [3.63, 3.8) is 0 Å². The largest absolute Gasteiger partial charge is 0.481 e. The molecule has 0 amide bonds. The summed E-state index contributed by atoms with van der Waals surface area (Å²) in [6.07, 6.45) is 3.82. The summed E-state index contributed by atoms with van der Waals surface area (Å²) in [6.45, 7) is 2.29. The van der Waals surface area contributed by atoms with Gasteiger partial charge in [-0.1, -0.05) is 30.3 Å². The first-order chi connectivity index (χ1) is 9.24. The molecule has 1 aromatic rings. The van der Waals surface area contributed by atoms with Crippen LogP contribution in [0.25, 0.3) is 0 Å². The molecule has 1 aliphatic heterocycles. The second kappa shape index (κ2) is 5.33. The van der Waals surface area contributed by atoms with Gasteiger partial charge in [0.1, 0.15) is 0 Å². The molecule has 102 valence electrons. The third kappa shape index (κ3) is 2.66. The van der Waals surface area contributed by atoms with E-state index < -0.39 is 5.97 Å². The van der Waals surface area contributed by atoms with Gasteiger partial charge in [-0.05, 0) is 31.2 Å². The lowest BCUT2D eigenvalue weighted by molar-refractivity contribution is -0.143. The zero-order valence-corrected chi connectivity index (χ0v) is 11.2. The molecule has 2 fully saturated rings. The van der Waals surface area contributed by atoms with Crippen molar-refractivity contribution in [2.24, 2.45) is 5.92 Å². The van der Waals surface area contributed by atoms with E-state index in [2.05, 4.69) is 35.2 Å². The molecule has 1 saturated carbocycles. The summed E-state index contributed by atoms with van der Waals surface area (Å²) in [7, 11) is 0. The van der Waals surface area contributed by atoms with Crippen LogP contribution in [0.4, 0.5) is 0 Å². The SMILES string of the molecule is O=C(O)C1CCC(N2CC(c3ccccc3)C2)CC1. The van der Waals surface area contributed by atoms with Gasteiger partial charge in [0.2, 0.25) is 0 Å². The summed E-state index contributed by atoms with van der Waals surface area (Å²) in [5.41, 5.74) is 1.44. The minimum Gasteiger partial charge on any atom is -0.481 e. The lowest BCUT2D eigenvalue weighted by Crippen LogP contribution is -2.51. The van der Waals surface area contributed by atoms with Gasteiger partial charge in [-0.25, -0.2) is 0 Å². The average molecular weight is 259 g/mol. The molecule has 19 heavy (non-hydrogen) atoms. The molecule has 1 saturated heterocycles. The van der Waals surface area contributed by atoms with E-state index in [0.29, 0.717) is 12.0 Å². The molecule has 0 bridgehead atoms. The molecule has 1 heterocycles. The van der Waals surface area contributed by atoms with Crippen molar-refractivity contribution in [2.45, 2.75) is 37.6 Å². The maximum Gasteiger partial charge on any atom is 0.306 e. The molecule has 0 unspecified atom stereocenters. The Balaban J connectivity index is 1.48. The van der Waals surface area contributed by atoms with E-state index in [4.69, 9.17) is 5.11 Å². The number of carbonyl (C=O) groups is 1. The van der Waals surface area contributed by atoms with E-state index >= 15 is 0 Å². The van der Waals surface area contributed by atoms with E-state index in [9.17, 15) is 4.79 Å². The molecule has 0 spiro atoms. The van der Waals surface area contributed by atoms with E-state index in [1.807, 2.05) is 0 Å². The Morgan fingerprint density at radius 3 is 2.26 bits per heavy atom. The smallest absolute Gasteiger partial charge is 0.306 e. The van der Waals surface area contributed by atoms with Gasteiger partial charge in [-0.3, -0.25) is 9.69 Å². The number of benzene rings is 1. The summed E-state index contributed by atoms with van der Waals surface area (Å²) in [5.74, 6) is -0.0231. The highest BCUT2D eigenvalue weighted by molar-refractivity contribution is 5.70. The van der Waals surface area contributed by atoms with Crippen LogP contribution in [0.3, 0.4) is 0 Å². The van der Waals surface area contributed by atoms with Crippen molar-refractivity contribution in [1.29, 1.82) is 0 Å². The van der Waals surface area contributed by atoms with Crippen molar-refractivity contribution < 1.29 is 9.90 Å². The van der Waals surface area contributed by atoms with Crippen molar-refractivity contribution in [3.8, 4) is 0 Å². The van der Waals surface area contributed by atoms with Crippen LogP contribution < -0.4 is 0 Å². The molecule has 0 aromatic heterocycles. The third-order valence-electron chi connectivity index (χ3n) is 4.74. The van der Waals surface area contributed by atoms with Crippen LogP contribution in [-0.4, -0.2) is 35.1 Å². The Bertz CT molecular complexity index is 431. The summed E-state index contributed by atoms with van der Waals surface area (Å²) < 4.78 is 0. The number of hydrogen-bond acceptors (Lipinski definition) is 2. The summed E-state index contributed by atoms with van der Waals surface area (Å²) in [5, 5.41) is 9.01. The van der Waals surface area contributed by atoms with Gasteiger partial charge >= 0.3 is 5.97 Å². The Kier molecular flexibility index (Phi) is 3.56. The quantitative estimate of drug-likeness (QED) is 0.907. The summed E-state index contributed by atoms with van der Waals surface area (Å²) in [4.78, 5) is 13.5. The normalized spacial score (nSPS) is 28.8. The van der Waals surface area contributed by atoms with Gasteiger partial charge in [0.05, 0.1) is 5.92 Å². The van der Waals surface area contributed by atoms with E-state index in [-0.39, 0.29) is 5.92 Å². The number of carboxylic acids is 1. The predicted molar refractivity (Wildman–Crippen MR) is 74.1 cm³/mol. The van der Waals surface area contributed by atoms with Gasteiger partial charge in [0, 0.05) is 25.0 Å². The topological polar surface area (TPSA) is 40.5 Å². The number of aliphatic carboxylic acids is 1. The summed E-state index contributed by atoms with van der Waals surface area (Å²) in [6, 6.07) is 11.3. The lowest BCUT2D eigenvalue weighted by atomic mass is 9.82. The summed E-state index contributed by atoms with van der Waals surface area (Å²) >= 11 is 0. The highest BCUT2D eigenvalue weighted by Gasteiger charge is 2.36. The van der Waals surface area contributed by atoms with Crippen LogP contribution in [0.2, 0.25) is 0 Å². The van der Waals surface area contributed by atoms with Crippen LogP contribution in [0.1, 0.15) is 37.2 Å². The van der Waals surface area contributed by atoms with Crippen molar-refractivity contribution in [2.75, 3.05) is 13.1 Å². The van der Waals surface area contributed by atoms with Crippen molar-refractivity contribution in [3.05, 3.63) is 35.9 Å². The Hall–Kier alpha value is -1.35. The molecule has 3 rings (SSSR count). The Morgan fingerprint density at radius 1 is 1.05 bits per heavy atom. The van der Waals surface area contributed by atoms with Crippen LogP contribution in [-0.2, 0) is 4.79 Å². The minimum absolute atomic E-state index is 0.0950. The molecule has 3 heteroatoms. The van der Waals surface area contributed by atoms with Gasteiger partial charge in [-0.15, -0.1) is 0 Å². The fourth-order valence-electron chi connectivity index (χ4n) is 3.43. The third-order valence-corrected chi connectivity index (χ3v) is 4.74. The number of rotatable bonds is 3. The molecule has 0 radical (unpaired) electrons. The maximum atomic E-state index is 10.9.